The van der Waals surface area contributed by atoms with Crippen molar-refractivity contribution in [3.05, 3.63) is 54.8 Å². The SMILES string of the molecule is Brc1c(Br)c(Br)c(Br)c(Br)c1Br.Cc1c(Br)c(Br)c(Br)c(Br)c1Br. The minimum absolute atomic E-state index is 0.976. The van der Waals surface area contributed by atoms with Crippen LogP contribution in [0.3, 0.4) is 0 Å². The standard InChI is InChI=1S/C7H3Br5.C6Br6/c1-2-3(8)5(10)7(12)6(11)4(2)9;7-1-2(8)4(10)6(12)5(11)3(1)9/h1H3;. The first kappa shape index (κ1) is 25.8. The Labute approximate surface area is 232 Å². The molecule has 0 unspecified atom stereocenters. The van der Waals surface area contributed by atoms with Gasteiger partial charge in [0.2, 0.25) is 0 Å². The molecule has 2 rings (SSSR count). The Morgan fingerprint density at radius 3 is 0.583 bits per heavy atom. The van der Waals surface area contributed by atoms with Gasteiger partial charge in [-0.2, -0.15) is 0 Å². The summed E-state index contributed by atoms with van der Waals surface area (Å²) in [6.07, 6.45) is 0. The van der Waals surface area contributed by atoms with E-state index in [-0.39, 0.29) is 0 Å². The van der Waals surface area contributed by atoms with Gasteiger partial charge in [0, 0.05) is 49.2 Å². The third-order valence-corrected chi connectivity index (χ3v) is 17.0. The van der Waals surface area contributed by atoms with Crippen LogP contribution in [-0.2, 0) is 0 Å². The van der Waals surface area contributed by atoms with E-state index >= 15 is 0 Å². The smallest absolute Gasteiger partial charge is 0.0483 e. The highest BCUT2D eigenvalue weighted by atomic mass is 79.9. The van der Waals surface area contributed by atoms with Crippen molar-refractivity contribution in [2.24, 2.45) is 0 Å². The minimum atomic E-state index is 0.976. The normalized spacial score (nSPS) is 10.5. The molecule has 0 aliphatic heterocycles. The first-order valence-electron chi connectivity index (χ1n) is 5.58. The van der Waals surface area contributed by atoms with Crippen LogP contribution in [-0.4, -0.2) is 0 Å². The van der Waals surface area contributed by atoms with Crippen molar-refractivity contribution in [1.82, 2.24) is 0 Å². The number of benzene rings is 2. The van der Waals surface area contributed by atoms with Crippen LogP contribution in [0.25, 0.3) is 0 Å². The number of hydrogen-bond acceptors (Lipinski definition) is 0. The summed E-state index contributed by atoms with van der Waals surface area (Å²) in [5.74, 6) is 0. The highest BCUT2D eigenvalue weighted by Crippen LogP contribution is 2.47. The van der Waals surface area contributed by atoms with Gasteiger partial charge in [0.25, 0.3) is 0 Å². The topological polar surface area (TPSA) is 0 Å². The molecule has 0 saturated carbocycles. The molecule has 0 aliphatic carbocycles. The zero-order valence-corrected chi connectivity index (χ0v) is 28.6. The molecular formula is C13H3Br11. The van der Waals surface area contributed by atoms with Gasteiger partial charge in [-0.1, -0.05) is 0 Å². The van der Waals surface area contributed by atoms with Crippen LogP contribution in [0.2, 0.25) is 0 Å². The molecule has 0 nitrogen and oxygen atoms in total. The van der Waals surface area contributed by atoms with Crippen LogP contribution in [0.15, 0.2) is 49.2 Å². The zero-order chi connectivity index (χ0) is 18.9. The van der Waals surface area contributed by atoms with Gasteiger partial charge >= 0.3 is 0 Å². The fourth-order valence-corrected chi connectivity index (χ4v) is 8.51. The summed E-state index contributed by atoms with van der Waals surface area (Å²) >= 11 is 38.0. The third kappa shape index (κ3) is 5.88. The van der Waals surface area contributed by atoms with Crippen molar-refractivity contribution in [3.63, 3.8) is 0 Å². The van der Waals surface area contributed by atoms with Gasteiger partial charge in [-0.25, -0.2) is 0 Å². The maximum Gasteiger partial charge on any atom is 0.0483 e. The van der Waals surface area contributed by atoms with Gasteiger partial charge in [-0.15, -0.1) is 0 Å². The molecule has 0 spiro atoms. The summed E-state index contributed by atoms with van der Waals surface area (Å²) in [6.45, 7) is 2.04. The lowest BCUT2D eigenvalue weighted by molar-refractivity contribution is 1.33. The van der Waals surface area contributed by atoms with Crippen LogP contribution in [0, 0.1) is 6.92 Å². The monoisotopic (exact) mass is 1030 g/mol. The van der Waals surface area contributed by atoms with Crippen LogP contribution < -0.4 is 0 Å². The molecule has 0 N–H and O–H groups in total. The molecule has 0 aromatic heterocycles. The third-order valence-electron chi connectivity index (χ3n) is 2.59. The molecule has 0 atom stereocenters. The average Bonchev–Trinajstić information content (AvgIpc) is 2.58. The van der Waals surface area contributed by atoms with Crippen molar-refractivity contribution < 1.29 is 0 Å². The number of rotatable bonds is 0. The van der Waals surface area contributed by atoms with Gasteiger partial charge < -0.3 is 0 Å². The molecule has 2 aromatic carbocycles. The maximum absolute atomic E-state index is 3.49. The summed E-state index contributed by atoms with van der Waals surface area (Å²) in [5, 5.41) is 0. The second-order valence-corrected chi connectivity index (χ2v) is 12.8. The van der Waals surface area contributed by atoms with Gasteiger partial charge in [0.15, 0.2) is 0 Å². The van der Waals surface area contributed by atoms with Crippen molar-refractivity contribution in [2.45, 2.75) is 6.92 Å². The quantitative estimate of drug-likeness (QED) is 0.182. The molecule has 2 aromatic rings. The summed E-state index contributed by atoms with van der Waals surface area (Å²) in [6, 6.07) is 0. The largest absolute Gasteiger partial charge is 0.0492 e. The fourth-order valence-electron chi connectivity index (χ4n) is 1.29. The van der Waals surface area contributed by atoms with E-state index in [4.69, 9.17) is 0 Å². The second kappa shape index (κ2) is 11.2. The molecule has 132 valence electrons. The first-order chi connectivity index (χ1) is 10.9. The van der Waals surface area contributed by atoms with E-state index in [0.717, 1.165) is 54.8 Å². The molecule has 0 saturated heterocycles. The Balaban J connectivity index is 0.000000240. The Kier molecular flexibility index (Phi) is 12.0. The highest BCUT2D eigenvalue weighted by molar-refractivity contribution is 9.17. The maximum atomic E-state index is 3.49. The predicted octanol–water partition coefficient (Wildman–Crippen LogP) is 12.1. The lowest BCUT2D eigenvalue weighted by Gasteiger charge is -2.09. The Morgan fingerprint density at radius 2 is 0.417 bits per heavy atom. The molecule has 0 fully saturated rings. The van der Waals surface area contributed by atoms with Crippen molar-refractivity contribution in [2.75, 3.05) is 0 Å². The number of halogens is 11. The van der Waals surface area contributed by atoms with Gasteiger partial charge in [-0.05, 0) is 188 Å². The van der Waals surface area contributed by atoms with Crippen LogP contribution >= 0.6 is 175 Å². The molecule has 0 amide bonds. The minimum Gasteiger partial charge on any atom is -0.0492 e. The highest BCUT2D eigenvalue weighted by Gasteiger charge is 2.15. The molecule has 11 heteroatoms. The molecule has 0 radical (unpaired) electrons. The summed E-state index contributed by atoms with van der Waals surface area (Å²) in [4.78, 5) is 0. The van der Waals surface area contributed by atoms with E-state index in [1.807, 2.05) is 6.92 Å². The van der Waals surface area contributed by atoms with Gasteiger partial charge in [0.05, 0.1) is 0 Å². The zero-order valence-electron chi connectivity index (χ0n) is 11.2. The van der Waals surface area contributed by atoms with E-state index in [2.05, 4.69) is 175 Å². The van der Waals surface area contributed by atoms with Crippen LogP contribution in [0.1, 0.15) is 5.56 Å². The fraction of sp³-hybridized carbons (Fsp3) is 0.0769. The molecule has 24 heavy (non-hydrogen) atoms. The summed E-state index contributed by atoms with van der Waals surface area (Å²) in [5.41, 5.74) is 1.16. The van der Waals surface area contributed by atoms with E-state index in [1.165, 1.54) is 0 Å². The second-order valence-electron chi connectivity index (χ2n) is 4.08. The van der Waals surface area contributed by atoms with E-state index in [0.29, 0.717) is 0 Å². The first-order valence-corrected chi connectivity index (χ1v) is 14.3. The summed E-state index contributed by atoms with van der Waals surface area (Å²) in [7, 11) is 0. The van der Waals surface area contributed by atoms with Crippen LogP contribution in [0.5, 0.6) is 0 Å². The van der Waals surface area contributed by atoms with Crippen LogP contribution in [0.4, 0.5) is 0 Å². The van der Waals surface area contributed by atoms with Gasteiger partial charge in [0.1, 0.15) is 0 Å². The summed E-state index contributed by atoms with van der Waals surface area (Å²) < 4.78 is 11.0. The molecular weight excluding hydrogens is 1040 g/mol. The number of hydrogen-bond donors (Lipinski definition) is 0. The average molecular weight is 1040 g/mol. The lowest BCUT2D eigenvalue weighted by atomic mass is 10.2. The van der Waals surface area contributed by atoms with Crippen molar-refractivity contribution in [3.8, 4) is 0 Å². The Bertz CT molecular complexity index is 520. The van der Waals surface area contributed by atoms with E-state index in [9.17, 15) is 0 Å². The molecule has 0 aliphatic rings. The Hall–Kier alpha value is 3.72. The molecule has 0 heterocycles. The Morgan fingerprint density at radius 1 is 0.292 bits per heavy atom. The van der Waals surface area contributed by atoms with Crippen molar-refractivity contribution in [1.29, 1.82) is 0 Å². The van der Waals surface area contributed by atoms with Crippen molar-refractivity contribution >= 4 is 175 Å². The lowest BCUT2D eigenvalue weighted by Crippen LogP contribution is -1.84. The molecule has 0 bridgehead atoms. The van der Waals surface area contributed by atoms with Gasteiger partial charge in [-0.3, -0.25) is 0 Å². The van der Waals surface area contributed by atoms with E-state index < -0.39 is 0 Å². The van der Waals surface area contributed by atoms with E-state index in [1.54, 1.807) is 0 Å². The predicted molar refractivity (Wildman–Crippen MR) is 142 cm³/mol.